The van der Waals surface area contributed by atoms with Crippen LogP contribution in [0, 0.1) is 12.3 Å². The average Bonchev–Trinajstić information content (AvgIpc) is 2.92. The zero-order valence-corrected chi connectivity index (χ0v) is 11.8. The van der Waals surface area contributed by atoms with Crippen LogP contribution in [0.5, 0.6) is 0 Å². The van der Waals surface area contributed by atoms with Crippen molar-refractivity contribution in [1.29, 1.82) is 0 Å². The van der Waals surface area contributed by atoms with Crippen LogP contribution in [0.15, 0.2) is 29.0 Å². The van der Waals surface area contributed by atoms with E-state index in [4.69, 9.17) is 10.9 Å². The van der Waals surface area contributed by atoms with E-state index in [0.29, 0.717) is 11.3 Å². The van der Waals surface area contributed by atoms with Crippen LogP contribution >= 0.6 is 0 Å². The smallest absolute Gasteiger partial charge is 0.260 e. The van der Waals surface area contributed by atoms with Gasteiger partial charge in [0.05, 0.1) is 6.54 Å². The number of hydrogen-bond acceptors (Lipinski definition) is 5. The van der Waals surface area contributed by atoms with Crippen molar-refractivity contribution in [3.63, 3.8) is 0 Å². The Morgan fingerprint density at radius 1 is 1.62 bits per heavy atom. The zero-order valence-electron chi connectivity index (χ0n) is 11.8. The lowest BCUT2D eigenvalue weighted by Crippen LogP contribution is -2.28. The number of hydrogen-bond donors (Lipinski definition) is 1. The molecule has 6 heteroatoms. The van der Waals surface area contributed by atoms with Crippen molar-refractivity contribution in [2.24, 2.45) is 0 Å². The van der Waals surface area contributed by atoms with Crippen LogP contribution in [0.4, 0.5) is 0 Å². The molecule has 108 valence electrons. The quantitative estimate of drug-likeness (QED) is 0.861. The summed E-state index contributed by atoms with van der Waals surface area (Å²) in [5.74, 6) is 2.15. The summed E-state index contributed by atoms with van der Waals surface area (Å²) in [6, 6.07) is 3.49. The minimum absolute atomic E-state index is 0.114. The van der Waals surface area contributed by atoms with Crippen molar-refractivity contribution in [2.45, 2.75) is 13.0 Å². The topological polar surface area (TPSA) is 79.5 Å². The molecule has 0 aliphatic heterocycles. The fourth-order valence-electron chi connectivity index (χ4n) is 1.89. The third kappa shape index (κ3) is 2.93. The van der Waals surface area contributed by atoms with E-state index < -0.39 is 6.10 Å². The first kappa shape index (κ1) is 14.8. The number of nitrogens with zero attached hydrogens (tertiary/aromatic N) is 3. The summed E-state index contributed by atoms with van der Waals surface area (Å²) in [4.78, 5) is 17.9. The molecule has 21 heavy (non-hydrogen) atoms. The largest absolute Gasteiger partial charge is 0.385 e. The number of aliphatic hydroxyl groups excluding tert-OH is 1. The highest BCUT2D eigenvalue weighted by atomic mass is 16.5. The first-order valence-corrected chi connectivity index (χ1v) is 6.33. The van der Waals surface area contributed by atoms with Gasteiger partial charge in [0.15, 0.2) is 5.76 Å². The molecular weight excluding hydrogens is 270 g/mol. The summed E-state index contributed by atoms with van der Waals surface area (Å²) in [6.07, 6.45) is 7.46. The highest BCUT2D eigenvalue weighted by molar-refractivity contribution is 6.00. The van der Waals surface area contributed by atoms with Gasteiger partial charge >= 0.3 is 0 Å². The van der Waals surface area contributed by atoms with Gasteiger partial charge < -0.3 is 14.5 Å². The van der Waals surface area contributed by atoms with Crippen LogP contribution in [0.25, 0.3) is 11.3 Å². The van der Waals surface area contributed by atoms with Gasteiger partial charge in [0.2, 0.25) is 0 Å². The summed E-state index contributed by atoms with van der Waals surface area (Å²) in [7, 11) is 1.58. The number of pyridine rings is 1. The molecule has 6 nitrogen and oxygen atoms in total. The van der Waals surface area contributed by atoms with Crippen molar-refractivity contribution in [1.82, 2.24) is 15.0 Å². The second-order valence-corrected chi connectivity index (χ2v) is 4.55. The minimum atomic E-state index is -0.957. The number of carbonyl (C=O) groups excluding carboxylic acids is 1. The van der Waals surface area contributed by atoms with E-state index in [1.807, 2.05) is 0 Å². The normalized spacial score (nSPS) is 11.7. The first-order valence-electron chi connectivity index (χ1n) is 6.33. The van der Waals surface area contributed by atoms with Gasteiger partial charge in [0, 0.05) is 25.0 Å². The van der Waals surface area contributed by atoms with Gasteiger partial charge in [-0.2, -0.15) is 0 Å². The third-order valence-corrected chi connectivity index (χ3v) is 2.92. The summed E-state index contributed by atoms with van der Waals surface area (Å²) in [6.45, 7) is 1.65. The predicted molar refractivity (Wildman–Crippen MR) is 76.2 cm³/mol. The van der Waals surface area contributed by atoms with Crippen LogP contribution in [-0.2, 0) is 0 Å². The Morgan fingerprint density at radius 3 is 2.95 bits per heavy atom. The highest BCUT2D eigenvalue weighted by Gasteiger charge is 2.28. The van der Waals surface area contributed by atoms with Gasteiger partial charge in [-0.3, -0.25) is 9.78 Å². The molecule has 0 aliphatic carbocycles. The molecule has 0 spiro atoms. The summed E-state index contributed by atoms with van der Waals surface area (Å²) >= 11 is 0. The summed E-state index contributed by atoms with van der Waals surface area (Å²) < 4.78 is 5.13. The zero-order chi connectivity index (χ0) is 15.4. The molecule has 0 fully saturated rings. The van der Waals surface area contributed by atoms with Gasteiger partial charge in [0.1, 0.15) is 17.4 Å². The van der Waals surface area contributed by atoms with Gasteiger partial charge in [0.25, 0.3) is 5.91 Å². The van der Waals surface area contributed by atoms with Gasteiger partial charge in [-0.15, -0.1) is 6.42 Å². The van der Waals surface area contributed by atoms with Gasteiger partial charge in [-0.1, -0.05) is 11.1 Å². The Morgan fingerprint density at radius 2 is 2.38 bits per heavy atom. The van der Waals surface area contributed by atoms with Crippen molar-refractivity contribution < 1.29 is 14.4 Å². The Bertz CT molecular complexity index is 671. The molecule has 0 radical (unpaired) electrons. The molecule has 2 rings (SSSR count). The molecule has 0 saturated carbocycles. The number of rotatable bonds is 4. The Balaban J connectivity index is 2.54. The molecule has 2 aromatic rings. The highest BCUT2D eigenvalue weighted by Crippen LogP contribution is 2.29. The molecule has 0 aromatic carbocycles. The van der Waals surface area contributed by atoms with Gasteiger partial charge in [-0.05, 0) is 19.1 Å². The Hall–Kier alpha value is -2.65. The van der Waals surface area contributed by atoms with E-state index in [1.54, 1.807) is 31.6 Å². The maximum absolute atomic E-state index is 12.5. The van der Waals surface area contributed by atoms with Crippen LogP contribution < -0.4 is 0 Å². The van der Waals surface area contributed by atoms with E-state index in [-0.39, 0.29) is 23.8 Å². The lowest BCUT2D eigenvalue weighted by atomic mass is 10.0. The van der Waals surface area contributed by atoms with Crippen molar-refractivity contribution in [3.05, 3.63) is 35.9 Å². The van der Waals surface area contributed by atoms with Crippen LogP contribution in [-0.4, -0.2) is 39.6 Å². The summed E-state index contributed by atoms with van der Waals surface area (Å²) in [5, 5.41) is 13.7. The van der Waals surface area contributed by atoms with E-state index in [2.05, 4.69) is 16.1 Å². The fraction of sp³-hybridized carbons (Fsp3) is 0.267. The van der Waals surface area contributed by atoms with Crippen molar-refractivity contribution in [2.75, 3.05) is 13.6 Å². The molecule has 0 unspecified atom stereocenters. The lowest BCUT2D eigenvalue weighted by molar-refractivity contribution is 0.0800. The summed E-state index contributed by atoms with van der Waals surface area (Å²) in [5.41, 5.74) is 1.18. The Labute approximate surface area is 122 Å². The van der Waals surface area contributed by atoms with Crippen LogP contribution in [0.3, 0.4) is 0 Å². The lowest BCUT2D eigenvalue weighted by Gasteiger charge is -2.14. The van der Waals surface area contributed by atoms with Crippen LogP contribution in [0.2, 0.25) is 0 Å². The average molecular weight is 285 g/mol. The molecule has 0 bridgehead atoms. The number of amides is 1. The number of carbonyl (C=O) groups is 1. The standard InChI is InChI=1S/C15H15N3O3/c1-4-8-18(3)15(20)12-13(11-6-5-7-16-9-11)17-21-14(12)10(2)19/h1,5-7,9-10,19H,8H2,2-3H3/t10-/m0/s1. The molecule has 0 saturated heterocycles. The Kier molecular flexibility index (Phi) is 4.36. The maximum atomic E-state index is 12.5. The monoisotopic (exact) mass is 285 g/mol. The number of aromatic nitrogens is 2. The molecule has 0 aliphatic rings. The molecule has 1 N–H and O–H groups in total. The molecule has 1 amide bonds. The number of aliphatic hydroxyl groups is 1. The molecule has 2 aromatic heterocycles. The molecule has 1 atom stereocenters. The minimum Gasteiger partial charge on any atom is -0.385 e. The molecule has 2 heterocycles. The van der Waals surface area contributed by atoms with Crippen molar-refractivity contribution in [3.8, 4) is 23.6 Å². The second-order valence-electron chi connectivity index (χ2n) is 4.55. The first-order chi connectivity index (χ1) is 10.1. The predicted octanol–water partition coefficient (Wildman–Crippen LogP) is 1.50. The van der Waals surface area contributed by atoms with E-state index in [9.17, 15) is 9.90 Å². The van der Waals surface area contributed by atoms with Crippen molar-refractivity contribution >= 4 is 5.91 Å². The molecular formula is C15H15N3O3. The fourth-order valence-corrected chi connectivity index (χ4v) is 1.89. The number of terminal acetylenes is 1. The SMILES string of the molecule is C#CCN(C)C(=O)c1c(-c2cccnc2)noc1[C@H](C)O. The van der Waals surface area contributed by atoms with Gasteiger partial charge in [-0.25, -0.2) is 0 Å². The maximum Gasteiger partial charge on any atom is 0.260 e. The van der Waals surface area contributed by atoms with E-state index >= 15 is 0 Å². The second kappa shape index (κ2) is 6.20. The third-order valence-electron chi connectivity index (χ3n) is 2.92. The van der Waals surface area contributed by atoms with E-state index in [0.717, 1.165) is 0 Å². The van der Waals surface area contributed by atoms with E-state index in [1.165, 1.54) is 11.8 Å². The van der Waals surface area contributed by atoms with Crippen LogP contribution in [0.1, 0.15) is 29.1 Å².